The Morgan fingerprint density at radius 2 is 2.45 bits per heavy atom. The first-order valence-corrected chi connectivity index (χ1v) is 4.14. The average Bonchev–Trinajstić information content (AvgIpc) is 2.04. The summed E-state index contributed by atoms with van der Waals surface area (Å²) in [5, 5.41) is 0. The fourth-order valence-electron chi connectivity index (χ4n) is 0.729. The van der Waals surface area contributed by atoms with Crippen LogP contribution < -0.4 is 3.53 Å². The minimum Gasteiger partial charge on any atom is -0.325 e. The van der Waals surface area contributed by atoms with Crippen LogP contribution in [0.1, 0.15) is 18.8 Å². The predicted molar refractivity (Wildman–Crippen MR) is 49.2 cm³/mol. The van der Waals surface area contributed by atoms with Gasteiger partial charge in [-0.2, -0.15) is 0 Å². The van der Waals surface area contributed by atoms with E-state index in [1.165, 1.54) is 13.3 Å². The molecule has 11 heavy (non-hydrogen) atoms. The second-order valence-electron chi connectivity index (χ2n) is 2.03. The summed E-state index contributed by atoms with van der Waals surface area (Å²) >= 11 is 1.92. The standard InChI is InChI=1S/C6H7FIN3/c1-4(7)6-5(11-8)2-9-3-10-6/h2-4,11H,1H3. The lowest BCUT2D eigenvalue weighted by Crippen LogP contribution is -1.96. The monoisotopic (exact) mass is 267 g/mol. The molecule has 1 N–H and O–H groups in total. The van der Waals surface area contributed by atoms with Gasteiger partial charge in [0.1, 0.15) is 18.2 Å². The highest BCUT2D eigenvalue weighted by molar-refractivity contribution is 14.1. The van der Waals surface area contributed by atoms with E-state index in [1.54, 1.807) is 6.20 Å². The third-order valence-electron chi connectivity index (χ3n) is 1.22. The van der Waals surface area contributed by atoms with Crippen LogP contribution in [-0.2, 0) is 0 Å². The first kappa shape index (κ1) is 8.63. The summed E-state index contributed by atoms with van der Waals surface area (Å²) in [6, 6.07) is 0. The van der Waals surface area contributed by atoms with Gasteiger partial charge in [0, 0.05) is 0 Å². The summed E-state index contributed by atoms with van der Waals surface area (Å²) in [5.74, 6) is 0. The van der Waals surface area contributed by atoms with Crippen LogP contribution in [-0.4, -0.2) is 9.97 Å². The maximum absolute atomic E-state index is 12.7. The molecule has 1 aromatic heterocycles. The van der Waals surface area contributed by atoms with Crippen LogP contribution in [0.15, 0.2) is 12.5 Å². The summed E-state index contributed by atoms with van der Waals surface area (Å²) in [4.78, 5) is 7.55. The molecule has 0 amide bonds. The van der Waals surface area contributed by atoms with E-state index in [4.69, 9.17) is 0 Å². The summed E-state index contributed by atoms with van der Waals surface area (Å²) in [5.41, 5.74) is 1.03. The van der Waals surface area contributed by atoms with Crippen molar-refractivity contribution in [3.05, 3.63) is 18.2 Å². The molecule has 3 nitrogen and oxygen atoms in total. The molecule has 0 saturated carbocycles. The van der Waals surface area contributed by atoms with Gasteiger partial charge in [-0.25, -0.2) is 14.4 Å². The van der Waals surface area contributed by atoms with Crippen LogP contribution in [0.2, 0.25) is 0 Å². The Balaban J connectivity index is 3.02. The van der Waals surface area contributed by atoms with Gasteiger partial charge in [-0.15, -0.1) is 0 Å². The van der Waals surface area contributed by atoms with Crippen molar-refractivity contribution >= 4 is 28.6 Å². The molecule has 1 rings (SSSR count). The molecular formula is C6H7FIN3. The molecule has 1 atom stereocenters. The van der Waals surface area contributed by atoms with E-state index in [1.807, 2.05) is 22.9 Å². The normalized spacial score (nSPS) is 12.6. The van der Waals surface area contributed by atoms with E-state index >= 15 is 0 Å². The van der Waals surface area contributed by atoms with Crippen molar-refractivity contribution in [1.29, 1.82) is 0 Å². The van der Waals surface area contributed by atoms with Crippen LogP contribution in [0.25, 0.3) is 0 Å². The molecule has 0 spiro atoms. The van der Waals surface area contributed by atoms with E-state index in [2.05, 4.69) is 13.5 Å². The van der Waals surface area contributed by atoms with Crippen molar-refractivity contribution in [3.8, 4) is 0 Å². The maximum Gasteiger partial charge on any atom is 0.141 e. The van der Waals surface area contributed by atoms with Crippen molar-refractivity contribution < 1.29 is 4.39 Å². The zero-order chi connectivity index (χ0) is 8.27. The van der Waals surface area contributed by atoms with Crippen LogP contribution in [0, 0.1) is 0 Å². The van der Waals surface area contributed by atoms with Crippen molar-refractivity contribution in [2.24, 2.45) is 0 Å². The quantitative estimate of drug-likeness (QED) is 0.659. The number of anilines is 1. The van der Waals surface area contributed by atoms with E-state index in [9.17, 15) is 4.39 Å². The minimum atomic E-state index is -1.06. The SMILES string of the molecule is CC(F)c1ncncc1NI. The topological polar surface area (TPSA) is 37.8 Å². The average molecular weight is 267 g/mol. The molecule has 60 valence electrons. The van der Waals surface area contributed by atoms with E-state index in [0.717, 1.165) is 0 Å². The highest BCUT2D eigenvalue weighted by atomic mass is 127. The first-order chi connectivity index (χ1) is 5.25. The molecule has 1 heterocycles. The van der Waals surface area contributed by atoms with Gasteiger partial charge in [0.25, 0.3) is 0 Å². The molecule has 0 aliphatic rings. The first-order valence-electron chi connectivity index (χ1n) is 3.06. The number of hydrogen-bond donors (Lipinski definition) is 1. The third-order valence-corrected chi connectivity index (χ3v) is 1.80. The van der Waals surface area contributed by atoms with Gasteiger partial charge < -0.3 is 3.53 Å². The highest BCUT2D eigenvalue weighted by Gasteiger charge is 2.09. The van der Waals surface area contributed by atoms with Crippen molar-refractivity contribution in [2.75, 3.05) is 3.53 Å². The Hall–Kier alpha value is -0.460. The number of halogens is 2. The number of hydrogen-bond acceptors (Lipinski definition) is 3. The fraction of sp³-hybridized carbons (Fsp3) is 0.333. The van der Waals surface area contributed by atoms with Gasteiger partial charge in [0.2, 0.25) is 0 Å². The lowest BCUT2D eigenvalue weighted by Gasteiger charge is -2.05. The molecular weight excluding hydrogens is 260 g/mol. The Morgan fingerprint density at radius 3 is 2.91 bits per heavy atom. The Kier molecular flexibility index (Phi) is 2.98. The number of aromatic nitrogens is 2. The van der Waals surface area contributed by atoms with Gasteiger partial charge >= 0.3 is 0 Å². The molecule has 0 radical (unpaired) electrons. The van der Waals surface area contributed by atoms with E-state index in [-0.39, 0.29) is 0 Å². The van der Waals surface area contributed by atoms with E-state index < -0.39 is 6.17 Å². The third kappa shape index (κ3) is 1.98. The van der Waals surface area contributed by atoms with Crippen molar-refractivity contribution in [2.45, 2.75) is 13.1 Å². The predicted octanol–water partition coefficient (Wildman–Crippen LogP) is 2.27. The van der Waals surface area contributed by atoms with E-state index in [0.29, 0.717) is 11.4 Å². The molecule has 0 bridgehead atoms. The van der Waals surface area contributed by atoms with Crippen LogP contribution in [0.4, 0.5) is 10.1 Å². The molecule has 1 aromatic rings. The molecule has 0 aliphatic heterocycles. The maximum atomic E-state index is 12.7. The fourth-order valence-corrected chi connectivity index (χ4v) is 1.14. The summed E-state index contributed by atoms with van der Waals surface area (Å²) < 4.78 is 15.5. The van der Waals surface area contributed by atoms with Gasteiger partial charge in [-0.05, 0) is 6.92 Å². The molecule has 0 aliphatic carbocycles. The summed E-state index contributed by atoms with van der Waals surface area (Å²) in [6.45, 7) is 1.44. The molecule has 0 aromatic carbocycles. The molecule has 5 heteroatoms. The largest absolute Gasteiger partial charge is 0.325 e. The molecule has 0 fully saturated rings. The smallest absolute Gasteiger partial charge is 0.141 e. The van der Waals surface area contributed by atoms with Crippen molar-refractivity contribution in [1.82, 2.24) is 9.97 Å². The molecule has 1 unspecified atom stereocenters. The molecule has 0 saturated heterocycles. The zero-order valence-corrected chi connectivity index (χ0v) is 8.04. The van der Waals surface area contributed by atoms with Gasteiger partial charge in [0.05, 0.1) is 34.7 Å². The van der Waals surface area contributed by atoms with Gasteiger partial charge in [-0.3, -0.25) is 0 Å². The Labute approximate surface area is 77.9 Å². The number of nitrogens with zero attached hydrogens (tertiary/aromatic N) is 2. The second kappa shape index (κ2) is 3.80. The summed E-state index contributed by atoms with van der Waals surface area (Å²) in [6.07, 6.45) is 1.82. The second-order valence-corrected chi connectivity index (χ2v) is 2.57. The van der Waals surface area contributed by atoms with Crippen LogP contribution in [0.3, 0.4) is 0 Å². The Morgan fingerprint density at radius 1 is 1.73 bits per heavy atom. The lowest BCUT2D eigenvalue weighted by molar-refractivity contribution is 0.366. The highest BCUT2D eigenvalue weighted by Crippen LogP contribution is 2.22. The summed E-state index contributed by atoms with van der Waals surface area (Å²) in [7, 11) is 0. The lowest BCUT2D eigenvalue weighted by atomic mass is 10.2. The van der Waals surface area contributed by atoms with Crippen LogP contribution in [0.5, 0.6) is 0 Å². The van der Waals surface area contributed by atoms with Crippen molar-refractivity contribution in [3.63, 3.8) is 0 Å². The minimum absolute atomic E-state index is 0.398. The van der Waals surface area contributed by atoms with Crippen LogP contribution >= 0.6 is 22.9 Å². The van der Waals surface area contributed by atoms with Gasteiger partial charge in [-0.1, -0.05) is 0 Å². The number of alkyl halides is 1. The zero-order valence-electron chi connectivity index (χ0n) is 5.88. The Bertz CT molecular complexity index is 241. The number of nitrogens with one attached hydrogen (secondary N) is 1. The number of rotatable bonds is 2. The van der Waals surface area contributed by atoms with Gasteiger partial charge in [0.15, 0.2) is 0 Å².